The summed E-state index contributed by atoms with van der Waals surface area (Å²) in [6, 6.07) is 49.1. The second-order valence-corrected chi connectivity index (χ2v) is 17.7. The van der Waals surface area contributed by atoms with Crippen LogP contribution in [0.5, 0.6) is 0 Å². The van der Waals surface area contributed by atoms with Gasteiger partial charge in [0.1, 0.15) is 21.7 Å². The van der Waals surface area contributed by atoms with Crippen molar-refractivity contribution in [3.63, 3.8) is 0 Å². The Balaban J connectivity index is 1.78. The highest BCUT2D eigenvalue weighted by Crippen LogP contribution is 2.56. The SMILES string of the molecule is OS(O)(O)c1cccc(P(c2ccccc2)c2ccccc2)c1-c1c(P(c2ccccc2)c2ccccc2)cccc1S(O)(O)O. The summed E-state index contributed by atoms with van der Waals surface area (Å²) in [7, 11) is -11.5. The fourth-order valence-electron chi connectivity index (χ4n) is 5.53. The first-order valence-corrected chi connectivity index (χ1v) is 19.9. The molecule has 0 bridgehead atoms. The molecule has 0 amide bonds. The maximum Gasteiger partial charge on any atom is 0.113 e. The third-order valence-corrected chi connectivity index (χ3v) is 14.2. The normalized spacial score (nSPS) is 12.8. The molecular weight excluding hydrogens is 654 g/mol. The van der Waals surface area contributed by atoms with Crippen molar-refractivity contribution in [2.75, 3.05) is 0 Å². The molecule has 0 aliphatic carbocycles. The van der Waals surface area contributed by atoms with Crippen LogP contribution in [0.2, 0.25) is 0 Å². The Morgan fingerprint density at radius 3 is 0.804 bits per heavy atom. The summed E-state index contributed by atoms with van der Waals surface area (Å²) in [5.74, 6) is 0. The van der Waals surface area contributed by atoms with Crippen molar-refractivity contribution in [1.29, 1.82) is 0 Å². The molecule has 6 aromatic carbocycles. The zero-order valence-corrected chi connectivity index (χ0v) is 27.8. The predicted molar refractivity (Wildman–Crippen MR) is 197 cm³/mol. The molecule has 234 valence electrons. The average molecular weight is 687 g/mol. The number of rotatable bonds is 9. The Bertz CT molecular complexity index is 1700. The first-order chi connectivity index (χ1) is 22.1. The van der Waals surface area contributed by atoms with Gasteiger partial charge in [0.15, 0.2) is 0 Å². The highest BCUT2D eigenvalue weighted by molar-refractivity contribution is 8.20. The van der Waals surface area contributed by atoms with E-state index in [2.05, 4.69) is 0 Å². The van der Waals surface area contributed by atoms with Gasteiger partial charge in [-0.2, -0.15) is 0 Å². The number of hydrogen-bond donors (Lipinski definition) is 6. The van der Waals surface area contributed by atoms with Crippen LogP contribution < -0.4 is 31.8 Å². The van der Waals surface area contributed by atoms with E-state index in [1.807, 2.05) is 133 Å². The minimum atomic E-state index is -4.35. The lowest BCUT2D eigenvalue weighted by Crippen LogP contribution is -2.27. The molecule has 10 heteroatoms. The van der Waals surface area contributed by atoms with E-state index in [1.54, 1.807) is 12.1 Å². The highest BCUT2D eigenvalue weighted by Gasteiger charge is 2.35. The quantitative estimate of drug-likeness (QED) is 0.0857. The molecule has 0 saturated carbocycles. The second-order valence-electron chi connectivity index (χ2n) is 10.4. The maximum atomic E-state index is 11.0. The van der Waals surface area contributed by atoms with Gasteiger partial charge >= 0.3 is 0 Å². The van der Waals surface area contributed by atoms with Crippen LogP contribution in [0.3, 0.4) is 0 Å². The van der Waals surface area contributed by atoms with Crippen LogP contribution in [0, 0.1) is 0 Å². The van der Waals surface area contributed by atoms with Crippen molar-refractivity contribution in [2.24, 2.45) is 0 Å². The zero-order valence-electron chi connectivity index (χ0n) is 24.4. The van der Waals surface area contributed by atoms with E-state index in [4.69, 9.17) is 0 Å². The van der Waals surface area contributed by atoms with E-state index in [0.29, 0.717) is 10.6 Å². The molecule has 0 radical (unpaired) electrons. The van der Waals surface area contributed by atoms with Crippen molar-refractivity contribution in [1.82, 2.24) is 0 Å². The summed E-state index contributed by atoms with van der Waals surface area (Å²) in [5, 5.41) is 5.12. The van der Waals surface area contributed by atoms with Gasteiger partial charge < -0.3 is 27.3 Å². The van der Waals surface area contributed by atoms with Crippen LogP contribution in [-0.2, 0) is 0 Å². The molecule has 46 heavy (non-hydrogen) atoms. The van der Waals surface area contributed by atoms with Crippen molar-refractivity contribution in [3.8, 4) is 11.1 Å². The van der Waals surface area contributed by atoms with E-state index in [1.165, 1.54) is 12.1 Å². The summed E-state index contributed by atoms with van der Waals surface area (Å²) in [6.45, 7) is 0. The van der Waals surface area contributed by atoms with Gasteiger partial charge in [0.25, 0.3) is 0 Å². The zero-order chi connectivity index (χ0) is 32.3. The molecular formula is C36H32O6P2S2. The van der Waals surface area contributed by atoms with Gasteiger partial charge in [0.2, 0.25) is 0 Å². The standard InChI is InChI=1S/C36H32O6P2S2/c37-45(38,39)33-25-13-23-31(43(27-15-5-1-6-16-27)28-17-7-2-8-18-28)35(33)36-32(24-14-26-34(36)46(40,41)42)44(29-19-9-3-10-20-29)30-21-11-4-12-22-30/h1-26,37-42H. The largest absolute Gasteiger partial charge is 0.304 e. The highest BCUT2D eigenvalue weighted by atomic mass is 32.3. The third kappa shape index (κ3) is 6.84. The van der Waals surface area contributed by atoms with Gasteiger partial charge in [-0.05, 0) is 59.8 Å². The molecule has 0 fully saturated rings. The monoisotopic (exact) mass is 686 g/mol. The minimum absolute atomic E-state index is 0.169. The van der Waals surface area contributed by atoms with Crippen molar-refractivity contribution < 1.29 is 27.3 Å². The minimum Gasteiger partial charge on any atom is -0.304 e. The smallest absolute Gasteiger partial charge is 0.113 e. The first-order valence-electron chi connectivity index (χ1n) is 14.2. The van der Waals surface area contributed by atoms with Gasteiger partial charge in [-0.3, -0.25) is 0 Å². The molecule has 6 aromatic rings. The van der Waals surface area contributed by atoms with Crippen LogP contribution >= 0.6 is 37.6 Å². The molecule has 0 atom stereocenters. The van der Waals surface area contributed by atoms with Gasteiger partial charge in [-0.15, -0.1) is 0 Å². The fraction of sp³-hybridized carbons (Fsp3) is 0. The summed E-state index contributed by atoms with van der Waals surface area (Å²) in [5.41, 5.74) is 0.477. The molecule has 0 unspecified atom stereocenters. The lowest BCUT2D eigenvalue weighted by molar-refractivity contribution is 0.373. The molecule has 6 rings (SSSR count). The van der Waals surface area contributed by atoms with E-state index < -0.39 is 37.6 Å². The Kier molecular flexibility index (Phi) is 9.76. The first kappa shape index (κ1) is 32.6. The summed E-state index contributed by atoms with van der Waals surface area (Å²) in [4.78, 5) is -0.337. The van der Waals surface area contributed by atoms with E-state index in [-0.39, 0.29) is 20.9 Å². The summed E-state index contributed by atoms with van der Waals surface area (Å²) < 4.78 is 65.8. The van der Waals surface area contributed by atoms with Gasteiger partial charge in [0, 0.05) is 11.1 Å². The summed E-state index contributed by atoms with van der Waals surface area (Å²) in [6.07, 6.45) is 0. The number of hydrogen-bond acceptors (Lipinski definition) is 6. The Morgan fingerprint density at radius 1 is 0.304 bits per heavy atom. The van der Waals surface area contributed by atoms with Crippen LogP contribution in [0.15, 0.2) is 168 Å². The second kappa shape index (κ2) is 13.8. The van der Waals surface area contributed by atoms with Gasteiger partial charge in [0.05, 0.1) is 9.79 Å². The lowest BCUT2D eigenvalue weighted by Gasteiger charge is -2.33. The Morgan fingerprint density at radius 2 is 0.565 bits per heavy atom. The molecule has 0 spiro atoms. The van der Waals surface area contributed by atoms with Crippen LogP contribution in [0.1, 0.15) is 0 Å². The van der Waals surface area contributed by atoms with Crippen LogP contribution in [0.25, 0.3) is 11.1 Å². The number of benzene rings is 6. The lowest BCUT2D eigenvalue weighted by atomic mass is 10.1. The molecule has 0 saturated heterocycles. The molecule has 6 N–H and O–H groups in total. The third-order valence-electron chi connectivity index (χ3n) is 7.39. The Labute approximate surface area is 274 Å². The summed E-state index contributed by atoms with van der Waals surface area (Å²) >= 11 is 0. The topological polar surface area (TPSA) is 121 Å². The van der Waals surface area contributed by atoms with E-state index >= 15 is 0 Å². The van der Waals surface area contributed by atoms with Crippen molar-refractivity contribution >= 4 is 69.4 Å². The van der Waals surface area contributed by atoms with E-state index in [0.717, 1.165) is 21.2 Å². The molecule has 6 nitrogen and oxygen atoms in total. The van der Waals surface area contributed by atoms with Crippen molar-refractivity contribution in [2.45, 2.75) is 9.79 Å². The van der Waals surface area contributed by atoms with E-state index in [9.17, 15) is 27.3 Å². The Hall–Kier alpha value is -3.36. The molecule has 0 heterocycles. The average Bonchev–Trinajstić information content (AvgIpc) is 3.06. The van der Waals surface area contributed by atoms with Gasteiger partial charge in [-0.1, -0.05) is 146 Å². The fourth-order valence-corrected chi connectivity index (χ4v) is 12.2. The molecule has 0 aromatic heterocycles. The predicted octanol–water partition coefficient (Wildman–Crippen LogP) is 8.04. The van der Waals surface area contributed by atoms with Crippen molar-refractivity contribution in [3.05, 3.63) is 158 Å². The van der Waals surface area contributed by atoms with Gasteiger partial charge in [-0.25, -0.2) is 0 Å². The molecule has 0 aliphatic heterocycles. The van der Waals surface area contributed by atoms with Crippen LogP contribution in [-0.4, -0.2) is 27.3 Å². The van der Waals surface area contributed by atoms with Crippen LogP contribution in [0.4, 0.5) is 0 Å². The maximum absolute atomic E-state index is 11.0. The molecule has 0 aliphatic rings.